The molecule has 2 atom stereocenters. The van der Waals surface area contributed by atoms with Gasteiger partial charge in [-0.15, -0.1) is 0 Å². The molecule has 0 amide bonds. The molecule has 2 nitrogen and oxygen atoms in total. The van der Waals surface area contributed by atoms with Crippen LogP contribution in [0.5, 0.6) is 0 Å². The molecule has 0 aromatic rings. The lowest BCUT2D eigenvalue weighted by Crippen LogP contribution is -2.47. The monoisotopic (exact) mass is 242 g/mol. The Hall–Kier alpha value is -0.0800. The van der Waals surface area contributed by atoms with Gasteiger partial charge >= 0.3 is 0 Å². The fourth-order valence-electron chi connectivity index (χ4n) is 2.16. The first kappa shape index (κ1) is 16.9. The first-order valence-electron chi connectivity index (χ1n) is 7.54. The number of hydrogen-bond donors (Lipinski definition) is 1. The quantitative estimate of drug-likeness (QED) is 0.630. The highest BCUT2D eigenvalue weighted by Gasteiger charge is 2.19. The molecular weight excluding hydrogens is 208 g/mol. The van der Waals surface area contributed by atoms with Crippen molar-refractivity contribution in [1.82, 2.24) is 10.2 Å². The van der Waals surface area contributed by atoms with E-state index in [1.54, 1.807) is 0 Å². The Morgan fingerprint density at radius 3 is 2.06 bits per heavy atom. The van der Waals surface area contributed by atoms with Crippen molar-refractivity contribution in [3.63, 3.8) is 0 Å². The summed E-state index contributed by atoms with van der Waals surface area (Å²) in [5.41, 5.74) is 0. The zero-order valence-corrected chi connectivity index (χ0v) is 12.9. The fourth-order valence-corrected chi connectivity index (χ4v) is 2.16. The van der Waals surface area contributed by atoms with Crippen LogP contribution in [0.4, 0.5) is 0 Å². The summed E-state index contributed by atoms with van der Waals surface area (Å²) in [4.78, 5) is 2.61. The first-order chi connectivity index (χ1) is 8.06. The second-order valence-corrected chi connectivity index (χ2v) is 5.53. The summed E-state index contributed by atoms with van der Waals surface area (Å²) in [6, 6.07) is 1.30. The Bertz CT molecular complexity index is 168. The first-order valence-corrected chi connectivity index (χ1v) is 7.54. The van der Waals surface area contributed by atoms with E-state index in [9.17, 15) is 0 Å². The molecule has 0 bridgehead atoms. The van der Waals surface area contributed by atoms with E-state index in [0.29, 0.717) is 12.1 Å². The molecular formula is C15H34N2. The van der Waals surface area contributed by atoms with E-state index < -0.39 is 0 Å². The molecule has 17 heavy (non-hydrogen) atoms. The van der Waals surface area contributed by atoms with E-state index in [-0.39, 0.29) is 0 Å². The van der Waals surface area contributed by atoms with Crippen molar-refractivity contribution in [2.45, 2.75) is 72.9 Å². The molecule has 1 N–H and O–H groups in total. The molecule has 0 aromatic carbocycles. The Morgan fingerprint density at radius 2 is 1.65 bits per heavy atom. The van der Waals surface area contributed by atoms with Crippen LogP contribution in [-0.4, -0.2) is 36.6 Å². The highest BCUT2D eigenvalue weighted by Crippen LogP contribution is 2.11. The van der Waals surface area contributed by atoms with Crippen molar-refractivity contribution in [3.8, 4) is 0 Å². The van der Waals surface area contributed by atoms with E-state index in [0.717, 1.165) is 12.5 Å². The molecule has 0 saturated carbocycles. The van der Waals surface area contributed by atoms with Crippen molar-refractivity contribution in [2.75, 3.05) is 19.6 Å². The summed E-state index contributed by atoms with van der Waals surface area (Å²) in [6.07, 6.45) is 3.74. The maximum atomic E-state index is 3.72. The maximum absolute atomic E-state index is 3.72. The van der Waals surface area contributed by atoms with Crippen molar-refractivity contribution >= 4 is 0 Å². The SMILES string of the molecule is CCCNC(CN(CCC)C(C)C)C(C)CC. The summed E-state index contributed by atoms with van der Waals surface area (Å²) in [5.74, 6) is 0.764. The molecule has 0 heterocycles. The molecule has 0 aromatic heterocycles. The average molecular weight is 242 g/mol. The van der Waals surface area contributed by atoms with Gasteiger partial charge in [-0.1, -0.05) is 34.1 Å². The van der Waals surface area contributed by atoms with Gasteiger partial charge in [0.2, 0.25) is 0 Å². The van der Waals surface area contributed by atoms with E-state index in [4.69, 9.17) is 0 Å². The summed E-state index contributed by atoms with van der Waals surface area (Å²) in [6.45, 7) is 17.4. The molecule has 0 fully saturated rings. The van der Waals surface area contributed by atoms with Crippen LogP contribution in [0.1, 0.15) is 60.8 Å². The van der Waals surface area contributed by atoms with Gasteiger partial charge in [-0.3, -0.25) is 4.90 Å². The van der Waals surface area contributed by atoms with E-state index >= 15 is 0 Å². The van der Waals surface area contributed by atoms with Crippen LogP contribution in [0.2, 0.25) is 0 Å². The normalized spacial score (nSPS) is 15.5. The predicted octanol–water partition coefficient (Wildman–Crippen LogP) is 3.52. The van der Waals surface area contributed by atoms with Gasteiger partial charge in [-0.05, 0) is 45.7 Å². The summed E-state index contributed by atoms with van der Waals surface area (Å²) >= 11 is 0. The van der Waals surface area contributed by atoms with E-state index in [1.807, 2.05) is 0 Å². The third-order valence-electron chi connectivity index (χ3n) is 3.66. The lowest BCUT2D eigenvalue weighted by molar-refractivity contribution is 0.175. The summed E-state index contributed by atoms with van der Waals surface area (Å²) < 4.78 is 0. The number of rotatable bonds is 10. The van der Waals surface area contributed by atoms with Crippen molar-refractivity contribution in [3.05, 3.63) is 0 Å². The van der Waals surface area contributed by atoms with Gasteiger partial charge in [0, 0.05) is 18.6 Å². The molecule has 0 rings (SSSR count). The largest absolute Gasteiger partial charge is 0.312 e. The van der Waals surface area contributed by atoms with Gasteiger partial charge in [0.25, 0.3) is 0 Å². The third kappa shape index (κ3) is 7.05. The molecule has 2 unspecified atom stereocenters. The minimum absolute atomic E-state index is 0.647. The highest BCUT2D eigenvalue weighted by molar-refractivity contribution is 4.78. The number of nitrogens with zero attached hydrogens (tertiary/aromatic N) is 1. The second-order valence-electron chi connectivity index (χ2n) is 5.53. The summed E-state index contributed by atoms with van der Waals surface area (Å²) in [7, 11) is 0. The van der Waals surface area contributed by atoms with Crippen molar-refractivity contribution in [1.29, 1.82) is 0 Å². The number of hydrogen-bond acceptors (Lipinski definition) is 2. The van der Waals surface area contributed by atoms with Crippen LogP contribution in [0.15, 0.2) is 0 Å². The van der Waals surface area contributed by atoms with Crippen LogP contribution in [0.25, 0.3) is 0 Å². The second kappa shape index (κ2) is 9.90. The Morgan fingerprint density at radius 1 is 1.00 bits per heavy atom. The van der Waals surface area contributed by atoms with Crippen molar-refractivity contribution in [2.24, 2.45) is 5.92 Å². The molecule has 0 spiro atoms. The third-order valence-corrected chi connectivity index (χ3v) is 3.66. The van der Waals surface area contributed by atoms with Crippen LogP contribution < -0.4 is 5.32 Å². The van der Waals surface area contributed by atoms with Crippen LogP contribution >= 0.6 is 0 Å². The van der Waals surface area contributed by atoms with Gasteiger partial charge in [0.15, 0.2) is 0 Å². The van der Waals surface area contributed by atoms with Crippen LogP contribution in [0, 0.1) is 5.92 Å². The molecule has 0 saturated heterocycles. The molecule has 0 radical (unpaired) electrons. The maximum Gasteiger partial charge on any atom is 0.0220 e. The fraction of sp³-hybridized carbons (Fsp3) is 1.00. The molecule has 0 aliphatic rings. The molecule has 0 aliphatic heterocycles. The van der Waals surface area contributed by atoms with Gasteiger partial charge in [-0.2, -0.15) is 0 Å². The Balaban J connectivity index is 4.35. The van der Waals surface area contributed by atoms with Gasteiger partial charge in [-0.25, -0.2) is 0 Å². The molecule has 0 aliphatic carbocycles. The average Bonchev–Trinajstić information content (AvgIpc) is 2.31. The van der Waals surface area contributed by atoms with E-state index in [1.165, 1.54) is 32.4 Å². The minimum atomic E-state index is 0.647. The van der Waals surface area contributed by atoms with E-state index in [2.05, 4.69) is 51.8 Å². The zero-order chi connectivity index (χ0) is 13.3. The van der Waals surface area contributed by atoms with Crippen LogP contribution in [-0.2, 0) is 0 Å². The van der Waals surface area contributed by atoms with Gasteiger partial charge < -0.3 is 5.32 Å². The highest BCUT2D eigenvalue weighted by atomic mass is 15.2. The Labute approximate surface area is 109 Å². The lowest BCUT2D eigenvalue weighted by Gasteiger charge is -2.33. The Kier molecular flexibility index (Phi) is 9.85. The zero-order valence-electron chi connectivity index (χ0n) is 12.9. The standard InChI is InChI=1S/C15H34N2/c1-7-10-16-15(14(6)9-3)12-17(11-8-2)13(4)5/h13-16H,7-12H2,1-6H3. The van der Waals surface area contributed by atoms with Crippen molar-refractivity contribution < 1.29 is 0 Å². The molecule has 104 valence electrons. The number of nitrogens with one attached hydrogen (secondary N) is 1. The lowest BCUT2D eigenvalue weighted by atomic mass is 9.98. The smallest absolute Gasteiger partial charge is 0.0220 e. The minimum Gasteiger partial charge on any atom is -0.312 e. The predicted molar refractivity (Wildman–Crippen MR) is 78.5 cm³/mol. The van der Waals surface area contributed by atoms with Gasteiger partial charge in [0.05, 0.1) is 0 Å². The topological polar surface area (TPSA) is 15.3 Å². The summed E-state index contributed by atoms with van der Waals surface area (Å²) in [5, 5.41) is 3.72. The van der Waals surface area contributed by atoms with Crippen LogP contribution in [0.3, 0.4) is 0 Å². The van der Waals surface area contributed by atoms with Gasteiger partial charge in [0.1, 0.15) is 0 Å². The molecule has 2 heteroatoms.